The van der Waals surface area contributed by atoms with Gasteiger partial charge < -0.3 is 4.98 Å². The lowest BCUT2D eigenvalue weighted by molar-refractivity contribution is 0.599. The van der Waals surface area contributed by atoms with E-state index in [4.69, 9.17) is 0 Å². The minimum absolute atomic E-state index is 0. The van der Waals surface area contributed by atoms with Crippen LogP contribution in [0.1, 0.15) is 6.99 Å². The minimum Gasteiger partial charge on any atom is -0.346 e. The quantitative estimate of drug-likeness (QED) is 0.418. The number of aromatic amines is 1. The van der Waals surface area contributed by atoms with Crippen LogP contribution in [0, 0.1) is 5.82 Å². The number of halogens is 1. The summed E-state index contributed by atoms with van der Waals surface area (Å²) in [6, 6.07) is 24.6. The maximum atomic E-state index is 12.8. The fourth-order valence-corrected chi connectivity index (χ4v) is 3.54. The van der Waals surface area contributed by atoms with Crippen molar-refractivity contribution in [3.05, 3.63) is 103 Å². The number of hydrogen-bond acceptors (Lipinski definition) is 2. The van der Waals surface area contributed by atoms with Crippen molar-refractivity contribution in [3.63, 3.8) is 0 Å². The van der Waals surface area contributed by atoms with Crippen molar-refractivity contribution in [2.75, 3.05) is 6.26 Å². The first kappa shape index (κ1) is 20.6. The van der Waals surface area contributed by atoms with Gasteiger partial charge in [0.1, 0.15) is 10.8 Å². The van der Waals surface area contributed by atoms with Gasteiger partial charge >= 0.3 is 0 Å². The zero-order chi connectivity index (χ0) is 20.9. The third-order valence-electron chi connectivity index (χ3n) is 4.40. The van der Waals surface area contributed by atoms with Crippen LogP contribution in [0.4, 0.5) is 4.39 Å². The molecule has 0 radical (unpaired) electrons. The Kier molecular flexibility index (Phi) is 6.29. The minimum atomic E-state index is -3.26. The number of nitrogens with one attached hydrogen (secondary N) is 1. The first-order valence-corrected chi connectivity index (χ1v) is 11.0. The number of hydrogen-bond donors (Lipinski definition) is 1. The molecule has 1 N–H and O–H groups in total. The molecule has 0 saturated carbocycles. The van der Waals surface area contributed by atoms with Gasteiger partial charge in [0.25, 0.3) is 0 Å². The second-order valence-corrected chi connectivity index (χ2v) is 8.68. The summed E-state index contributed by atoms with van der Waals surface area (Å²) in [6.45, 7) is 3.74. The molecule has 0 aliphatic carbocycles. The molecule has 1 heterocycles. The predicted octanol–water partition coefficient (Wildman–Crippen LogP) is 6.04. The molecule has 5 heteroatoms. The Balaban J connectivity index is 0.000000207. The van der Waals surface area contributed by atoms with Crippen LogP contribution in [0.2, 0.25) is 0 Å². The van der Waals surface area contributed by atoms with Crippen LogP contribution in [-0.2, 0) is 16.3 Å². The Hall–Kier alpha value is -3.18. The molecule has 4 rings (SSSR count). The van der Waals surface area contributed by atoms with Crippen LogP contribution in [0.3, 0.4) is 0 Å². The zero-order valence-corrected chi connectivity index (χ0v) is 16.9. The van der Waals surface area contributed by atoms with Gasteiger partial charge in [-0.25, -0.2) is 12.8 Å². The Bertz CT molecular complexity index is 1220. The van der Waals surface area contributed by atoms with Gasteiger partial charge in [0.2, 0.25) is 0 Å². The Morgan fingerprint density at radius 2 is 1.62 bits per heavy atom. The highest BCUT2D eigenvalue weighted by Crippen LogP contribution is 2.20. The third kappa shape index (κ3) is 5.42. The van der Waals surface area contributed by atoms with Crippen LogP contribution in [0.15, 0.2) is 96.5 Å². The van der Waals surface area contributed by atoms with Gasteiger partial charge in [-0.1, -0.05) is 60.7 Å². The first-order valence-electron chi connectivity index (χ1n) is 9.10. The first-order chi connectivity index (χ1) is 13.9. The molecule has 0 unspecified atom stereocenters. The molecule has 29 heavy (non-hydrogen) atoms. The molecule has 0 aliphatic heterocycles. The van der Waals surface area contributed by atoms with E-state index < -0.39 is 9.84 Å². The molecule has 3 aromatic carbocycles. The second-order valence-electron chi connectivity index (χ2n) is 6.69. The molecular formula is C24H24FNO2S. The molecule has 150 valence electrons. The smallest absolute Gasteiger partial charge is 0.190 e. The number of benzene rings is 3. The van der Waals surface area contributed by atoms with Crippen LogP contribution in [0.5, 0.6) is 0 Å². The van der Waals surface area contributed by atoms with Crippen molar-refractivity contribution >= 4 is 20.7 Å². The van der Waals surface area contributed by atoms with Crippen molar-refractivity contribution in [2.24, 2.45) is 0 Å². The molecule has 0 spiro atoms. The van der Waals surface area contributed by atoms with Crippen LogP contribution in [-0.4, -0.2) is 19.7 Å². The maximum absolute atomic E-state index is 12.8. The van der Waals surface area contributed by atoms with E-state index in [0.717, 1.165) is 12.7 Å². The SMILES string of the molecule is C=CCc1ccc(-c2ccccc2)cc1.CS(=O)(=O)c1cc2ccc(F)cc2[nH]1.[HH]. The summed E-state index contributed by atoms with van der Waals surface area (Å²) in [5.41, 5.74) is 4.33. The average Bonchev–Trinajstić information content (AvgIpc) is 3.14. The summed E-state index contributed by atoms with van der Waals surface area (Å²) in [5.74, 6) is -0.389. The molecule has 4 aromatic rings. The number of aromatic nitrogens is 1. The number of rotatable bonds is 4. The van der Waals surface area contributed by atoms with Gasteiger partial charge in [-0.3, -0.25) is 0 Å². The van der Waals surface area contributed by atoms with Crippen molar-refractivity contribution in [3.8, 4) is 11.1 Å². The van der Waals surface area contributed by atoms with E-state index in [-0.39, 0.29) is 12.3 Å². The fourth-order valence-electron chi connectivity index (χ4n) is 2.90. The average molecular weight is 410 g/mol. The summed E-state index contributed by atoms with van der Waals surface area (Å²) in [7, 11) is -3.26. The van der Waals surface area contributed by atoms with E-state index in [1.807, 2.05) is 12.1 Å². The highest BCUT2D eigenvalue weighted by atomic mass is 32.2. The Morgan fingerprint density at radius 3 is 2.24 bits per heavy atom. The fraction of sp³-hybridized carbons (Fsp3) is 0.0833. The molecule has 0 amide bonds. The van der Waals surface area contributed by atoms with Crippen molar-refractivity contribution in [1.29, 1.82) is 0 Å². The summed E-state index contributed by atoms with van der Waals surface area (Å²) < 4.78 is 35.1. The molecule has 1 aromatic heterocycles. The van der Waals surface area contributed by atoms with E-state index in [0.29, 0.717) is 10.9 Å². The predicted molar refractivity (Wildman–Crippen MR) is 119 cm³/mol. The second kappa shape index (κ2) is 8.88. The lowest BCUT2D eigenvalue weighted by atomic mass is 10.0. The zero-order valence-electron chi connectivity index (χ0n) is 16.1. The van der Waals surface area contributed by atoms with Gasteiger partial charge in [0.05, 0.1) is 0 Å². The van der Waals surface area contributed by atoms with Gasteiger partial charge in [-0.05, 0) is 47.4 Å². The maximum Gasteiger partial charge on any atom is 0.190 e. The van der Waals surface area contributed by atoms with E-state index >= 15 is 0 Å². The van der Waals surface area contributed by atoms with Crippen LogP contribution >= 0.6 is 0 Å². The van der Waals surface area contributed by atoms with Crippen molar-refractivity contribution in [1.82, 2.24) is 4.98 Å². The highest BCUT2D eigenvalue weighted by molar-refractivity contribution is 7.90. The third-order valence-corrected chi connectivity index (χ3v) is 5.42. The summed E-state index contributed by atoms with van der Waals surface area (Å²) in [4.78, 5) is 2.65. The number of fused-ring (bicyclic) bond motifs is 1. The van der Waals surface area contributed by atoms with E-state index in [9.17, 15) is 12.8 Å². The van der Waals surface area contributed by atoms with E-state index in [1.54, 1.807) is 0 Å². The Labute approximate surface area is 171 Å². The summed E-state index contributed by atoms with van der Waals surface area (Å²) in [6.07, 6.45) is 3.97. The van der Waals surface area contributed by atoms with E-state index in [2.05, 4.69) is 60.1 Å². The van der Waals surface area contributed by atoms with Gasteiger partial charge in [0, 0.05) is 18.6 Å². The normalized spacial score (nSPS) is 11.0. The van der Waals surface area contributed by atoms with E-state index in [1.165, 1.54) is 41.0 Å². The van der Waals surface area contributed by atoms with Crippen molar-refractivity contribution in [2.45, 2.75) is 11.4 Å². The molecule has 3 nitrogen and oxygen atoms in total. The molecule has 0 bridgehead atoms. The van der Waals surface area contributed by atoms with Crippen LogP contribution < -0.4 is 0 Å². The highest BCUT2D eigenvalue weighted by Gasteiger charge is 2.10. The molecule has 0 aliphatic rings. The van der Waals surface area contributed by atoms with Gasteiger partial charge in [-0.2, -0.15) is 0 Å². The van der Waals surface area contributed by atoms with Crippen molar-refractivity contribution < 1.29 is 14.2 Å². The molecule has 0 atom stereocenters. The monoisotopic (exact) mass is 409 g/mol. The molecular weight excluding hydrogens is 385 g/mol. The largest absolute Gasteiger partial charge is 0.346 e. The summed E-state index contributed by atoms with van der Waals surface area (Å²) >= 11 is 0. The lowest BCUT2D eigenvalue weighted by Gasteiger charge is -2.02. The van der Waals surface area contributed by atoms with Gasteiger partial charge in [0.15, 0.2) is 9.84 Å². The summed E-state index contributed by atoms with van der Waals surface area (Å²) in [5, 5.41) is 0.796. The lowest BCUT2D eigenvalue weighted by Crippen LogP contribution is -1.96. The number of sulfone groups is 1. The topological polar surface area (TPSA) is 49.9 Å². The Morgan fingerprint density at radius 1 is 0.966 bits per heavy atom. The molecule has 0 saturated heterocycles. The number of H-pyrrole nitrogens is 1. The molecule has 0 fully saturated rings. The standard InChI is InChI=1S/C15H14.C9H8FNO2S.H2/c1-2-6-13-9-11-15(12-10-13)14-7-4-3-5-8-14;1-14(12,13)9-4-6-2-3-7(10)5-8(6)11-9;/h2-5,7-12H,1,6H2;2-5,11H,1H3;1H. The van der Waals surface area contributed by atoms with Crippen LogP contribution in [0.25, 0.3) is 22.0 Å². The van der Waals surface area contributed by atoms with Gasteiger partial charge in [-0.15, -0.1) is 6.58 Å². The number of allylic oxidation sites excluding steroid dienone is 1.